The molecule has 3 amide bonds. The van der Waals surface area contributed by atoms with E-state index >= 15 is 0 Å². The highest BCUT2D eigenvalue weighted by Crippen LogP contribution is 2.33. The summed E-state index contributed by atoms with van der Waals surface area (Å²) < 4.78 is 16.3. The number of nitriles is 1. The summed E-state index contributed by atoms with van der Waals surface area (Å²) in [5.41, 5.74) is 1.92. The third kappa shape index (κ3) is 6.36. The van der Waals surface area contributed by atoms with Crippen molar-refractivity contribution in [1.82, 2.24) is 9.80 Å². The van der Waals surface area contributed by atoms with Gasteiger partial charge in [0.2, 0.25) is 12.7 Å². The van der Waals surface area contributed by atoms with Crippen LogP contribution < -0.4 is 14.8 Å². The zero-order valence-corrected chi connectivity index (χ0v) is 20.3. The number of carbonyl (C=O) groups is 2. The molecule has 1 aromatic heterocycles. The number of amides is 3. The van der Waals surface area contributed by atoms with Crippen molar-refractivity contribution in [1.29, 1.82) is 5.26 Å². The summed E-state index contributed by atoms with van der Waals surface area (Å²) >= 11 is 0. The number of anilines is 1. The Kier molecular flexibility index (Phi) is 7.75. The Morgan fingerprint density at radius 2 is 1.81 bits per heavy atom. The smallest absolute Gasteiger partial charge is 0.322 e. The molecule has 0 unspecified atom stereocenters. The minimum Gasteiger partial charge on any atom is -0.467 e. The maximum Gasteiger partial charge on any atom is 0.322 e. The van der Waals surface area contributed by atoms with Crippen LogP contribution in [0.25, 0.3) is 0 Å². The SMILES string of the molecule is CC(C)CN(CC(=O)N(Cc1ccc2c(c1)OCO2)Cc1ccco1)C(=O)Nc1ccc(C#N)cc1. The molecule has 0 spiro atoms. The lowest BCUT2D eigenvalue weighted by Gasteiger charge is -2.28. The molecule has 1 aliphatic heterocycles. The van der Waals surface area contributed by atoms with E-state index in [0.29, 0.717) is 41.6 Å². The van der Waals surface area contributed by atoms with E-state index in [-0.39, 0.29) is 37.7 Å². The van der Waals surface area contributed by atoms with Crippen LogP contribution in [0.15, 0.2) is 65.3 Å². The number of rotatable bonds is 9. The molecule has 0 fully saturated rings. The summed E-state index contributed by atoms with van der Waals surface area (Å²) in [5.74, 6) is 1.88. The molecular weight excluding hydrogens is 460 g/mol. The molecule has 1 aliphatic rings. The fourth-order valence-corrected chi connectivity index (χ4v) is 3.84. The van der Waals surface area contributed by atoms with Crippen molar-refractivity contribution in [3.8, 4) is 17.6 Å². The lowest BCUT2D eigenvalue weighted by atomic mass is 10.1. The number of nitrogens with one attached hydrogen (secondary N) is 1. The molecule has 2 aromatic carbocycles. The number of benzene rings is 2. The van der Waals surface area contributed by atoms with Gasteiger partial charge in [0.15, 0.2) is 11.5 Å². The highest BCUT2D eigenvalue weighted by Gasteiger charge is 2.24. The minimum atomic E-state index is -0.386. The molecule has 0 bridgehead atoms. The van der Waals surface area contributed by atoms with Gasteiger partial charge in [0.25, 0.3) is 0 Å². The van der Waals surface area contributed by atoms with E-state index in [2.05, 4.69) is 11.4 Å². The lowest BCUT2D eigenvalue weighted by molar-refractivity contribution is -0.133. The number of nitrogens with zero attached hydrogens (tertiary/aromatic N) is 3. The molecule has 9 nitrogen and oxygen atoms in total. The van der Waals surface area contributed by atoms with Gasteiger partial charge < -0.3 is 29.0 Å². The summed E-state index contributed by atoms with van der Waals surface area (Å²) in [6.07, 6.45) is 1.56. The summed E-state index contributed by atoms with van der Waals surface area (Å²) in [7, 11) is 0. The largest absolute Gasteiger partial charge is 0.467 e. The monoisotopic (exact) mass is 488 g/mol. The molecule has 36 heavy (non-hydrogen) atoms. The van der Waals surface area contributed by atoms with Crippen LogP contribution in [-0.4, -0.2) is 41.6 Å². The van der Waals surface area contributed by atoms with E-state index < -0.39 is 0 Å². The zero-order chi connectivity index (χ0) is 25.5. The van der Waals surface area contributed by atoms with Gasteiger partial charge in [-0.25, -0.2) is 4.79 Å². The summed E-state index contributed by atoms with van der Waals surface area (Å²) in [6, 6.07) is 17.4. The Morgan fingerprint density at radius 3 is 2.50 bits per heavy atom. The molecule has 0 aliphatic carbocycles. The quantitative estimate of drug-likeness (QED) is 0.472. The van der Waals surface area contributed by atoms with E-state index in [1.165, 1.54) is 4.90 Å². The molecule has 0 atom stereocenters. The molecule has 3 aromatic rings. The first kappa shape index (κ1) is 24.7. The number of hydrogen-bond acceptors (Lipinski definition) is 6. The Balaban J connectivity index is 1.49. The van der Waals surface area contributed by atoms with Crippen LogP contribution in [0.4, 0.5) is 10.5 Å². The van der Waals surface area contributed by atoms with Crippen molar-refractivity contribution < 1.29 is 23.5 Å². The number of hydrogen-bond donors (Lipinski definition) is 1. The fourth-order valence-electron chi connectivity index (χ4n) is 3.84. The van der Waals surface area contributed by atoms with Crippen LogP contribution in [0, 0.1) is 17.2 Å². The van der Waals surface area contributed by atoms with Crippen molar-refractivity contribution in [3.63, 3.8) is 0 Å². The predicted molar refractivity (Wildman–Crippen MR) is 132 cm³/mol. The van der Waals surface area contributed by atoms with Crippen molar-refractivity contribution in [3.05, 3.63) is 77.7 Å². The molecule has 9 heteroatoms. The van der Waals surface area contributed by atoms with E-state index in [1.54, 1.807) is 41.5 Å². The highest BCUT2D eigenvalue weighted by atomic mass is 16.7. The number of fused-ring (bicyclic) bond motifs is 1. The normalized spacial score (nSPS) is 11.7. The Morgan fingerprint density at radius 1 is 1.03 bits per heavy atom. The van der Waals surface area contributed by atoms with Crippen molar-refractivity contribution in [2.75, 3.05) is 25.2 Å². The lowest BCUT2D eigenvalue weighted by Crippen LogP contribution is -2.45. The Labute approximate surface area is 209 Å². The first-order valence-corrected chi connectivity index (χ1v) is 11.7. The van der Waals surface area contributed by atoms with Gasteiger partial charge in [-0.1, -0.05) is 19.9 Å². The van der Waals surface area contributed by atoms with Crippen molar-refractivity contribution >= 4 is 17.6 Å². The first-order chi connectivity index (χ1) is 17.4. The van der Waals surface area contributed by atoms with E-state index in [9.17, 15) is 9.59 Å². The van der Waals surface area contributed by atoms with Gasteiger partial charge in [0, 0.05) is 18.8 Å². The van der Waals surface area contributed by atoms with Gasteiger partial charge in [-0.05, 0) is 60.0 Å². The molecule has 4 rings (SSSR count). The van der Waals surface area contributed by atoms with Crippen LogP contribution in [0.5, 0.6) is 11.5 Å². The van der Waals surface area contributed by atoms with Gasteiger partial charge in [-0.2, -0.15) is 5.26 Å². The zero-order valence-electron chi connectivity index (χ0n) is 20.3. The van der Waals surface area contributed by atoms with Crippen LogP contribution in [-0.2, 0) is 17.9 Å². The third-order valence-corrected chi connectivity index (χ3v) is 5.55. The minimum absolute atomic E-state index is 0.106. The number of urea groups is 1. The third-order valence-electron chi connectivity index (χ3n) is 5.55. The summed E-state index contributed by atoms with van der Waals surface area (Å²) in [5, 5.41) is 11.8. The number of carbonyl (C=O) groups excluding carboxylic acids is 2. The first-order valence-electron chi connectivity index (χ1n) is 11.7. The van der Waals surface area contributed by atoms with Crippen LogP contribution in [0.2, 0.25) is 0 Å². The van der Waals surface area contributed by atoms with Gasteiger partial charge in [0.1, 0.15) is 12.3 Å². The molecule has 0 saturated heterocycles. The molecular formula is C27H28N4O5. The van der Waals surface area contributed by atoms with Gasteiger partial charge in [-0.3, -0.25) is 4.79 Å². The molecule has 0 radical (unpaired) electrons. The Hall–Kier alpha value is -4.45. The van der Waals surface area contributed by atoms with Gasteiger partial charge in [-0.15, -0.1) is 0 Å². The second-order valence-electron chi connectivity index (χ2n) is 8.91. The number of furan rings is 1. The van der Waals surface area contributed by atoms with Crippen LogP contribution in [0.1, 0.15) is 30.7 Å². The summed E-state index contributed by atoms with van der Waals surface area (Å²) in [6.45, 7) is 5.00. The molecule has 186 valence electrons. The predicted octanol–water partition coefficient (Wildman–Crippen LogP) is 4.60. The Bertz CT molecular complexity index is 1230. The molecule has 2 heterocycles. The average molecular weight is 489 g/mol. The topological polar surface area (TPSA) is 108 Å². The van der Waals surface area contributed by atoms with Gasteiger partial charge in [0.05, 0.1) is 24.4 Å². The average Bonchev–Trinajstić information content (AvgIpc) is 3.55. The molecule has 1 N–H and O–H groups in total. The number of ether oxygens (including phenoxy) is 2. The van der Waals surface area contributed by atoms with E-state index in [4.69, 9.17) is 19.2 Å². The van der Waals surface area contributed by atoms with Crippen LogP contribution >= 0.6 is 0 Å². The fraction of sp³-hybridized carbons (Fsp3) is 0.296. The van der Waals surface area contributed by atoms with Gasteiger partial charge >= 0.3 is 6.03 Å². The van der Waals surface area contributed by atoms with Crippen molar-refractivity contribution in [2.24, 2.45) is 5.92 Å². The second-order valence-corrected chi connectivity index (χ2v) is 8.91. The van der Waals surface area contributed by atoms with E-state index in [1.807, 2.05) is 38.1 Å². The van der Waals surface area contributed by atoms with E-state index in [0.717, 1.165) is 5.56 Å². The molecule has 0 saturated carbocycles. The maximum atomic E-state index is 13.5. The second kappa shape index (κ2) is 11.3. The van der Waals surface area contributed by atoms with Crippen molar-refractivity contribution in [2.45, 2.75) is 26.9 Å². The van der Waals surface area contributed by atoms with Crippen LogP contribution in [0.3, 0.4) is 0 Å². The standard InChI is InChI=1S/C27H28N4O5/c1-19(2)14-31(27(33)29-22-8-5-20(13-28)6-9-22)17-26(32)30(16-23-4-3-11-34-23)15-21-7-10-24-25(12-21)36-18-35-24/h3-12,19H,14-18H2,1-2H3,(H,29,33). The highest BCUT2D eigenvalue weighted by molar-refractivity contribution is 5.92. The maximum absolute atomic E-state index is 13.5. The summed E-state index contributed by atoms with van der Waals surface area (Å²) in [4.78, 5) is 29.8.